The van der Waals surface area contributed by atoms with Gasteiger partial charge in [0.05, 0.1) is 13.2 Å². The zero-order valence-electron chi connectivity index (χ0n) is 19.6. The summed E-state index contributed by atoms with van der Waals surface area (Å²) in [6.07, 6.45) is 5.90. The van der Waals surface area contributed by atoms with Crippen LogP contribution >= 0.6 is 0 Å². The van der Waals surface area contributed by atoms with Crippen LogP contribution in [0.5, 0.6) is 0 Å². The van der Waals surface area contributed by atoms with Crippen molar-refractivity contribution in [1.82, 2.24) is 0 Å². The number of hydrogen-bond donors (Lipinski definition) is 0. The average Bonchev–Trinajstić information content (AvgIpc) is 2.69. The lowest BCUT2D eigenvalue weighted by Crippen LogP contribution is -2.42. The molecule has 0 aromatic heterocycles. The van der Waals surface area contributed by atoms with Gasteiger partial charge in [0, 0.05) is 37.2 Å². The third kappa shape index (κ3) is 4.74. The lowest BCUT2D eigenvalue weighted by atomic mass is 9.59. The molecule has 1 heterocycles. The van der Waals surface area contributed by atoms with Gasteiger partial charge in [0.1, 0.15) is 23.3 Å². The van der Waals surface area contributed by atoms with E-state index < -0.39 is 5.92 Å². The molecule has 4 heteroatoms. The van der Waals surface area contributed by atoms with Gasteiger partial charge >= 0.3 is 0 Å². The van der Waals surface area contributed by atoms with Crippen LogP contribution in [-0.2, 0) is 19.1 Å². The number of ether oxygens (including phenoxy) is 1. The Morgan fingerprint density at radius 3 is 2.06 bits per heavy atom. The molecule has 32 heavy (non-hydrogen) atoms. The summed E-state index contributed by atoms with van der Waals surface area (Å²) in [7, 11) is 0. The van der Waals surface area contributed by atoms with Crippen molar-refractivity contribution in [1.29, 1.82) is 0 Å². The van der Waals surface area contributed by atoms with Crippen LogP contribution < -0.4 is 0 Å². The van der Waals surface area contributed by atoms with Gasteiger partial charge < -0.3 is 4.74 Å². The highest BCUT2D eigenvalue weighted by atomic mass is 16.5. The molecule has 1 spiro atoms. The molecule has 1 aromatic rings. The van der Waals surface area contributed by atoms with Crippen LogP contribution in [0.4, 0.5) is 0 Å². The molecule has 1 aliphatic heterocycles. The molecule has 4 nitrogen and oxygen atoms in total. The number of hydrogen-bond acceptors (Lipinski definition) is 4. The molecule has 0 bridgehead atoms. The van der Waals surface area contributed by atoms with E-state index in [0.717, 1.165) is 61.2 Å². The minimum Gasteiger partial charge on any atom is -0.381 e. The van der Waals surface area contributed by atoms with Crippen LogP contribution in [0, 0.1) is 42.9 Å². The fourth-order valence-electron chi connectivity index (χ4n) is 6.13. The first-order chi connectivity index (χ1) is 15.3. The average molecular weight is 435 g/mol. The van der Waals surface area contributed by atoms with Crippen molar-refractivity contribution >= 4 is 17.3 Å². The maximum absolute atomic E-state index is 13.3. The molecule has 0 N–H and O–H groups in total. The fourth-order valence-corrected chi connectivity index (χ4v) is 6.13. The molecule has 4 rings (SSSR count). The van der Waals surface area contributed by atoms with Crippen molar-refractivity contribution in [2.24, 2.45) is 17.3 Å². The van der Waals surface area contributed by atoms with Crippen LogP contribution in [0.1, 0.15) is 86.5 Å². The summed E-state index contributed by atoms with van der Waals surface area (Å²) in [6.45, 7) is 7.20. The number of benzene rings is 1. The molecule has 0 atom stereocenters. The molecule has 2 aliphatic carbocycles. The summed E-state index contributed by atoms with van der Waals surface area (Å²) >= 11 is 0. The molecule has 170 valence electrons. The Bertz CT molecular complexity index is 937. The third-order valence-corrected chi connectivity index (χ3v) is 7.80. The highest BCUT2D eigenvalue weighted by Crippen LogP contribution is 2.50. The number of Topliss-reactive ketones (excluding diaryl/α,β-unsaturated/α-hetero) is 3. The summed E-state index contributed by atoms with van der Waals surface area (Å²) in [5.74, 6) is 6.65. The molecule has 3 aliphatic rings. The van der Waals surface area contributed by atoms with Gasteiger partial charge in [-0.2, -0.15) is 0 Å². The molecule has 0 radical (unpaired) electrons. The molecule has 3 fully saturated rings. The summed E-state index contributed by atoms with van der Waals surface area (Å²) in [6, 6.07) is 3.98. The number of ketones is 3. The Morgan fingerprint density at radius 2 is 1.56 bits per heavy atom. The Balaban J connectivity index is 1.40. The van der Waals surface area contributed by atoms with Gasteiger partial charge in [-0.05, 0) is 86.6 Å². The van der Waals surface area contributed by atoms with Crippen molar-refractivity contribution in [3.05, 3.63) is 34.4 Å². The van der Waals surface area contributed by atoms with E-state index in [1.54, 1.807) is 6.92 Å². The minimum absolute atomic E-state index is 0.0706. The highest BCUT2D eigenvalue weighted by Gasteiger charge is 2.47. The van der Waals surface area contributed by atoms with E-state index >= 15 is 0 Å². The van der Waals surface area contributed by atoms with Crippen LogP contribution in [0.25, 0.3) is 0 Å². The number of carbonyl (C=O) groups is 3. The van der Waals surface area contributed by atoms with E-state index in [1.165, 1.54) is 0 Å². The standard InChI is InChI=1S/C28H34O4/c1-4-5-21-10-18(2)26(19(3)11-21)27-24(30)14-28(15-25(27)31)8-6-20(7-9-28)12-23(29)13-22-16-32-17-22/h10-11,20,22,27H,6-9,12-17H2,1-3H3. The molecule has 0 amide bonds. The van der Waals surface area contributed by atoms with E-state index in [9.17, 15) is 14.4 Å². The smallest absolute Gasteiger partial charge is 0.148 e. The molecule has 0 unspecified atom stereocenters. The first-order valence-electron chi connectivity index (χ1n) is 12.0. The quantitative estimate of drug-likeness (QED) is 0.490. The first kappa shape index (κ1) is 22.9. The lowest BCUT2D eigenvalue weighted by molar-refractivity contribution is -0.138. The Hall–Kier alpha value is -2.25. The lowest BCUT2D eigenvalue weighted by Gasteiger charge is -2.43. The van der Waals surface area contributed by atoms with E-state index in [2.05, 4.69) is 11.8 Å². The van der Waals surface area contributed by atoms with Crippen LogP contribution in [0.3, 0.4) is 0 Å². The van der Waals surface area contributed by atoms with Crippen LogP contribution in [0.2, 0.25) is 0 Å². The number of carbonyl (C=O) groups excluding carboxylic acids is 3. The zero-order chi connectivity index (χ0) is 22.9. The maximum atomic E-state index is 13.3. The largest absolute Gasteiger partial charge is 0.381 e. The third-order valence-electron chi connectivity index (χ3n) is 7.80. The SMILES string of the molecule is CC#Cc1cc(C)c(C2C(=O)CC3(CCC(CC(=O)CC4COC4)CC3)CC2=O)c(C)c1. The normalized spacial score (nSPS) is 28.2. The van der Waals surface area contributed by atoms with Gasteiger partial charge in [0.2, 0.25) is 0 Å². The zero-order valence-corrected chi connectivity index (χ0v) is 19.6. The summed E-state index contributed by atoms with van der Waals surface area (Å²) in [5, 5.41) is 0. The molecular formula is C28H34O4. The predicted octanol–water partition coefficient (Wildman–Crippen LogP) is 4.86. The number of aryl methyl sites for hydroxylation is 2. The monoisotopic (exact) mass is 434 g/mol. The van der Waals surface area contributed by atoms with E-state index in [0.29, 0.717) is 43.3 Å². The second-order valence-corrected chi connectivity index (χ2v) is 10.4. The summed E-state index contributed by atoms with van der Waals surface area (Å²) < 4.78 is 5.17. The van der Waals surface area contributed by atoms with E-state index in [-0.39, 0.29) is 17.0 Å². The van der Waals surface area contributed by atoms with Gasteiger partial charge in [0.25, 0.3) is 0 Å². The van der Waals surface area contributed by atoms with Crippen LogP contribution in [-0.4, -0.2) is 30.6 Å². The van der Waals surface area contributed by atoms with E-state index in [1.807, 2.05) is 26.0 Å². The molecule has 1 aromatic carbocycles. The number of rotatable bonds is 5. The minimum atomic E-state index is -0.631. The summed E-state index contributed by atoms with van der Waals surface area (Å²) in [5.41, 5.74) is 3.57. The fraction of sp³-hybridized carbons (Fsp3) is 0.607. The molecule has 2 saturated carbocycles. The Labute approximate surface area is 191 Å². The molecular weight excluding hydrogens is 400 g/mol. The van der Waals surface area contributed by atoms with Gasteiger partial charge in [0.15, 0.2) is 0 Å². The molecule has 1 saturated heterocycles. The van der Waals surface area contributed by atoms with Gasteiger partial charge in [-0.3, -0.25) is 14.4 Å². The van der Waals surface area contributed by atoms with Crippen molar-refractivity contribution < 1.29 is 19.1 Å². The van der Waals surface area contributed by atoms with Crippen LogP contribution in [0.15, 0.2) is 12.1 Å². The second-order valence-electron chi connectivity index (χ2n) is 10.4. The summed E-state index contributed by atoms with van der Waals surface area (Å²) in [4.78, 5) is 38.9. The topological polar surface area (TPSA) is 60.4 Å². The van der Waals surface area contributed by atoms with Gasteiger partial charge in [-0.1, -0.05) is 5.92 Å². The Kier molecular flexibility index (Phi) is 6.67. The van der Waals surface area contributed by atoms with Gasteiger partial charge in [-0.25, -0.2) is 0 Å². The maximum Gasteiger partial charge on any atom is 0.148 e. The second kappa shape index (κ2) is 9.32. The highest BCUT2D eigenvalue weighted by molar-refractivity contribution is 6.10. The predicted molar refractivity (Wildman–Crippen MR) is 123 cm³/mol. The van der Waals surface area contributed by atoms with Gasteiger partial charge in [-0.15, -0.1) is 5.92 Å². The Morgan fingerprint density at radius 1 is 1.00 bits per heavy atom. The van der Waals surface area contributed by atoms with Crippen molar-refractivity contribution in [2.75, 3.05) is 13.2 Å². The van der Waals surface area contributed by atoms with Crippen molar-refractivity contribution in [3.8, 4) is 11.8 Å². The van der Waals surface area contributed by atoms with E-state index in [4.69, 9.17) is 4.74 Å². The van der Waals surface area contributed by atoms with Crippen molar-refractivity contribution in [3.63, 3.8) is 0 Å². The first-order valence-corrected chi connectivity index (χ1v) is 12.0. The van der Waals surface area contributed by atoms with Crippen molar-refractivity contribution in [2.45, 2.75) is 78.1 Å².